The fraction of sp³-hybridized carbons (Fsp3) is 0.250. The third-order valence-corrected chi connectivity index (χ3v) is 3.27. The minimum absolute atomic E-state index is 0.101. The van der Waals surface area contributed by atoms with E-state index in [0.29, 0.717) is 17.0 Å². The van der Waals surface area contributed by atoms with Gasteiger partial charge >= 0.3 is 5.97 Å². The molecule has 2 rings (SSSR count). The molecule has 122 valence electrons. The van der Waals surface area contributed by atoms with Gasteiger partial charge in [-0.1, -0.05) is 0 Å². The van der Waals surface area contributed by atoms with Crippen molar-refractivity contribution in [3.05, 3.63) is 47.9 Å². The lowest BCUT2D eigenvalue weighted by Gasteiger charge is -2.14. The number of carbonyl (C=O) groups is 2. The van der Waals surface area contributed by atoms with E-state index < -0.39 is 17.9 Å². The highest BCUT2D eigenvalue weighted by Crippen LogP contribution is 2.20. The lowest BCUT2D eigenvalue weighted by molar-refractivity contribution is -0.141. The van der Waals surface area contributed by atoms with Crippen molar-refractivity contribution in [3.63, 3.8) is 0 Å². The van der Waals surface area contributed by atoms with Crippen LogP contribution in [0.3, 0.4) is 0 Å². The number of furan rings is 1. The molecule has 23 heavy (non-hydrogen) atoms. The predicted octanol–water partition coefficient (Wildman–Crippen LogP) is 1.87. The summed E-state index contributed by atoms with van der Waals surface area (Å²) in [6, 6.07) is 6.91. The first kappa shape index (κ1) is 16.6. The Kier molecular flexibility index (Phi) is 5.37. The molecule has 0 aliphatic carbocycles. The van der Waals surface area contributed by atoms with Crippen LogP contribution in [0.4, 0.5) is 5.69 Å². The molecule has 0 spiro atoms. The van der Waals surface area contributed by atoms with Crippen LogP contribution >= 0.6 is 0 Å². The molecule has 0 aliphatic heterocycles. The van der Waals surface area contributed by atoms with E-state index in [1.165, 1.54) is 18.4 Å². The zero-order valence-corrected chi connectivity index (χ0v) is 12.6. The second kappa shape index (κ2) is 7.46. The molecule has 1 aromatic heterocycles. The number of hydrogen-bond acceptors (Lipinski definition) is 5. The standard InChI is InChI=1S/C16H18N2O5/c1-10-7-11(19)4-5-13(10)18-15(20)8-14(16(21)22)17-9-12-3-2-6-23-12/h2-7,14,17,19H,8-9H2,1H3,(H,18,20)(H,21,22)/t14-/m1/s1. The smallest absolute Gasteiger partial charge is 0.321 e. The fourth-order valence-corrected chi connectivity index (χ4v) is 2.06. The lowest BCUT2D eigenvalue weighted by atomic mass is 10.1. The van der Waals surface area contributed by atoms with Crippen LogP contribution in [0.5, 0.6) is 5.75 Å². The van der Waals surface area contributed by atoms with E-state index in [4.69, 9.17) is 4.42 Å². The van der Waals surface area contributed by atoms with E-state index >= 15 is 0 Å². The average Bonchev–Trinajstić information content (AvgIpc) is 2.99. The third kappa shape index (κ3) is 4.86. The number of rotatable bonds is 7. The molecule has 1 atom stereocenters. The maximum Gasteiger partial charge on any atom is 0.321 e. The predicted molar refractivity (Wildman–Crippen MR) is 83.1 cm³/mol. The first-order valence-corrected chi connectivity index (χ1v) is 7.03. The number of phenols is 1. The van der Waals surface area contributed by atoms with Gasteiger partial charge < -0.3 is 19.9 Å². The van der Waals surface area contributed by atoms with E-state index in [1.807, 2.05) is 0 Å². The summed E-state index contributed by atoms with van der Waals surface area (Å²) < 4.78 is 5.11. The normalized spacial score (nSPS) is 11.9. The Morgan fingerprint density at radius 1 is 1.30 bits per heavy atom. The Hall–Kier alpha value is -2.80. The Balaban J connectivity index is 1.93. The Bertz CT molecular complexity index is 682. The van der Waals surface area contributed by atoms with Crippen LogP contribution in [0, 0.1) is 6.92 Å². The highest BCUT2D eigenvalue weighted by atomic mass is 16.4. The number of aliphatic carboxylic acids is 1. The van der Waals surface area contributed by atoms with Gasteiger partial charge in [0.15, 0.2) is 0 Å². The number of carboxylic acid groups (broad SMARTS) is 1. The summed E-state index contributed by atoms with van der Waals surface area (Å²) in [6.07, 6.45) is 1.27. The van der Waals surface area contributed by atoms with Crippen molar-refractivity contribution in [2.24, 2.45) is 0 Å². The minimum Gasteiger partial charge on any atom is -0.508 e. The maximum absolute atomic E-state index is 12.0. The van der Waals surface area contributed by atoms with Crippen LogP contribution in [0.15, 0.2) is 41.0 Å². The second-order valence-electron chi connectivity index (χ2n) is 5.10. The minimum atomic E-state index is -1.12. The number of carboxylic acids is 1. The van der Waals surface area contributed by atoms with Gasteiger partial charge in [0.05, 0.1) is 19.2 Å². The summed E-state index contributed by atoms with van der Waals surface area (Å²) in [7, 11) is 0. The molecule has 0 bridgehead atoms. The molecule has 0 saturated carbocycles. The molecule has 0 fully saturated rings. The van der Waals surface area contributed by atoms with Crippen molar-refractivity contribution in [3.8, 4) is 5.75 Å². The third-order valence-electron chi connectivity index (χ3n) is 3.27. The van der Waals surface area contributed by atoms with Gasteiger partial charge in [-0.05, 0) is 42.8 Å². The molecule has 1 amide bonds. The molecule has 0 unspecified atom stereocenters. The summed E-state index contributed by atoms with van der Waals surface area (Å²) in [5.41, 5.74) is 1.22. The van der Waals surface area contributed by atoms with Crippen molar-refractivity contribution in [1.29, 1.82) is 0 Å². The molecule has 4 N–H and O–H groups in total. The average molecular weight is 318 g/mol. The molecule has 1 heterocycles. The maximum atomic E-state index is 12.0. The lowest BCUT2D eigenvalue weighted by Crippen LogP contribution is -2.39. The molecule has 7 heteroatoms. The second-order valence-corrected chi connectivity index (χ2v) is 5.10. The van der Waals surface area contributed by atoms with E-state index in [2.05, 4.69) is 10.6 Å². The molecule has 0 radical (unpaired) electrons. The van der Waals surface area contributed by atoms with Crippen molar-refractivity contribution >= 4 is 17.6 Å². The van der Waals surface area contributed by atoms with Crippen LogP contribution in [0.1, 0.15) is 17.7 Å². The van der Waals surface area contributed by atoms with Gasteiger partial charge in [-0.2, -0.15) is 0 Å². The van der Waals surface area contributed by atoms with Gasteiger partial charge in [-0.25, -0.2) is 0 Å². The van der Waals surface area contributed by atoms with Crippen LogP contribution < -0.4 is 10.6 Å². The van der Waals surface area contributed by atoms with Crippen LogP contribution in [0.25, 0.3) is 0 Å². The zero-order chi connectivity index (χ0) is 16.8. The Morgan fingerprint density at radius 2 is 2.09 bits per heavy atom. The topological polar surface area (TPSA) is 112 Å². The van der Waals surface area contributed by atoms with Gasteiger partial charge in [0.1, 0.15) is 17.6 Å². The highest BCUT2D eigenvalue weighted by Gasteiger charge is 2.21. The van der Waals surface area contributed by atoms with Gasteiger partial charge in [0.2, 0.25) is 5.91 Å². The zero-order valence-electron chi connectivity index (χ0n) is 12.6. The van der Waals surface area contributed by atoms with Crippen LogP contribution in [-0.2, 0) is 16.1 Å². The SMILES string of the molecule is Cc1cc(O)ccc1NC(=O)C[C@@H](NCc1ccco1)C(=O)O. The number of aryl methyl sites for hydroxylation is 1. The fourth-order valence-electron chi connectivity index (χ4n) is 2.06. The van der Waals surface area contributed by atoms with Crippen molar-refractivity contribution < 1.29 is 24.2 Å². The van der Waals surface area contributed by atoms with Gasteiger partial charge in [0.25, 0.3) is 0 Å². The van der Waals surface area contributed by atoms with E-state index in [-0.39, 0.29) is 18.7 Å². The largest absolute Gasteiger partial charge is 0.508 e. The van der Waals surface area contributed by atoms with Gasteiger partial charge in [0, 0.05) is 5.69 Å². The van der Waals surface area contributed by atoms with Crippen molar-refractivity contribution in [2.45, 2.75) is 25.9 Å². The van der Waals surface area contributed by atoms with E-state index in [0.717, 1.165) is 0 Å². The molecule has 7 nitrogen and oxygen atoms in total. The van der Waals surface area contributed by atoms with Crippen molar-refractivity contribution in [2.75, 3.05) is 5.32 Å². The number of anilines is 1. The molecule has 2 aromatic rings. The van der Waals surface area contributed by atoms with Gasteiger partial charge in [-0.3, -0.25) is 14.9 Å². The molecular formula is C16H18N2O5. The quantitative estimate of drug-likeness (QED) is 0.580. The number of carbonyl (C=O) groups excluding carboxylic acids is 1. The van der Waals surface area contributed by atoms with Crippen LogP contribution in [-0.4, -0.2) is 28.1 Å². The molecule has 0 aliphatic rings. The number of phenolic OH excluding ortho intramolecular Hbond substituents is 1. The molecule has 1 aromatic carbocycles. The molecule has 0 saturated heterocycles. The summed E-state index contributed by atoms with van der Waals surface area (Å²) in [5, 5.41) is 23.9. The summed E-state index contributed by atoms with van der Waals surface area (Å²) in [6.45, 7) is 1.95. The summed E-state index contributed by atoms with van der Waals surface area (Å²) >= 11 is 0. The Morgan fingerprint density at radius 3 is 2.70 bits per heavy atom. The number of benzene rings is 1. The number of amides is 1. The first-order valence-electron chi connectivity index (χ1n) is 7.03. The van der Waals surface area contributed by atoms with Crippen molar-refractivity contribution in [1.82, 2.24) is 5.32 Å². The van der Waals surface area contributed by atoms with Crippen LogP contribution in [0.2, 0.25) is 0 Å². The monoisotopic (exact) mass is 318 g/mol. The van der Waals surface area contributed by atoms with Gasteiger partial charge in [-0.15, -0.1) is 0 Å². The highest BCUT2D eigenvalue weighted by molar-refractivity contribution is 5.94. The van der Waals surface area contributed by atoms with E-state index in [1.54, 1.807) is 25.1 Å². The number of hydrogen-bond donors (Lipinski definition) is 4. The first-order chi connectivity index (χ1) is 11.0. The summed E-state index contributed by atoms with van der Waals surface area (Å²) in [5.74, 6) is -0.859. The van der Waals surface area contributed by atoms with E-state index in [9.17, 15) is 19.8 Å². The molecular weight excluding hydrogens is 300 g/mol. The number of aromatic hydroxyl groups is 1. The Labute approximate surface area is 132 Å². The summed E-state index contributed by atoms with van der Waals surface area (Å²) in [4.78, 5) is 23.3. The number of nitrogens with one attached hydrogen (secondary N) is 2.